The molecule has 172 valence electrons. The molecule has 6 heteroatoms. The highest BCUT2D eigenvalue weighted by molar-refractivity contribution is 6.30. The van der Waals surface area contributed by atoms with E-state index in [2.05, 4.69) is 12.2 Å². The van der Waals surface area contributed by atoms with E-state index in [4.69, 9.17) is 21.1 Å². The maximum absolute atomic E-state index is 12.8. The Morgan fingerprint density at radius 3 is 2.41 bits per heavy atom. The monoisotopic (exact) mass is 457 g/mol. The van der Waals surface area contributed by atoms with Crippen molar-refractivity contribution in [3.05, 3.63) is 52.5 Å². The zero-order valence-electron chi connectivity index (χ0n) is 18.8. The van der Waals surface area contributed by atoms with Crippen molar-refractivity contribution in [3.63, 3.8) is 0 Å². The summed E-state index contributed by atoms with van der Waals surface area (Å²) in [6.45, 7) is 3.06. The van der Waals surface area contributed by atoms with E-state index in [1.54, 1.807) is 36.4 Å². The molecule has 2 aromatic rings. The Morgan fingerprint density at radius 1 is 1.00 bits per heavy atom. The number of anilines is 1. The molecule has 0 saturated carbocycles. The first-order chi connectivity index (χ1) is 15.6. The quantitative estimate of drug-likeness (QED) is 0.346. The number of halogens is 1. The van der Waals surface area contributed by atoms with Gasteiger partial charge in [0.2, 0.25) is 0 Å². The number of unbranched alkanes of at least 4 members (excludes halogenated alkanes) is 7. The number of benzene rings is 2. The standard InChI is InChI=1S/C26H32ClNO4/c1-2-3-4-5-6-7-8-9-17-31-23-15-14-21-22(29)16-18-32-25(21)24(23)28-26(30)19-10-12-20(27)13-11-19/h10-15H,2-9,16-18H2,1H3,(H,28,30). The number of nitrogens with one attached hydrogen (secondary N) is 1. The predicted molar refractivity (Wildman–Crippen MR) is 128 cm³/mol. The molecule has 0 fully saturated rings. The summed E-state index contributed by atoms with van der Waals surface area (Å²) >= 11 is 5.93. The summed E-state index contributed by atoms with van der Waals surface area (Å²) in [6, 6.07) is 10.1. The van der Waals surface area contributed by atoms with Crippen LogP contribution in [0.1, 0.15) is 85.4 Å². The van der Waals surface area contributed by atoms with Crippen LogP contribution in [0.2, 0.25) is 5.02 Å². The zero-order valence-corrected chi connectivity index (χ0v) is 19.5. The molecule has 1 heterocycles. The predicted octanol–water partition coefficient (Wildman–Crippen LogP) is 7.08. The summed E-state index contributed by atoms with van der Waals surface area (Å²) in [5, 5.41) is 3.45. The lowest BCUT2D eigenvalue weighted by molar-refractivity contribution is 0.0931. The fourth-order valence-corrected chi connectivity index (χ4v) is 3.88. The highest BCUT2D eigenvalue weighted by atomic mass is 35.5. The number of rotatable bonds is 12. The van der Waals surface area contributed by atoms with Gasteiger partial charge in [0.1, 0.15) is 11.4 Å². The van der Waals surface area contributed by atoms with Crippen LogP contribution in [0, 0.1) is 0 Å². The van der Waals surface area contributed by atoms with Crippen LogP contribution in [0.5, 0.6) is 11.5 Å². The molecule has 1 amide bonds. The van der Waals surface area contributed by atoms with Crippen molar-refractivity contribution in [2.75, 3.05) is 18.5 Å². The molecule has 0 saturated heterocycles. The van der Waals surface area contributed by atoms with Gasteiger partial charge in [-0.1, -0.05) is 63.5 Å². The molecule has 3 rings (SSSR count). The van der Waals surface area contributed by atoms with Gasteiger partial charge in [0, 0.05) is 17.0 Å². The highest BCUT2D eigenvalue weighted by Crippen LogP contribution is 2.40. The average Bonchev–Trinajstić information content (AvgIpc) is 2.79. The van der Waals surface area contributed by atoms with Crippen LogP contribution in [0.3, 0.4) is 0 Å². The van der Waals surface area contributed by atoms with Gasteiger partial charge < -0.3 is 14.8 Å². The minimum Gasteiger partial charge on any atom is -0.491 e. The second-order valence-electron chi connectivity index (χ2n) is 8.12. The van der Waals surface area contributed by atoms with Crippen molar-refractivity contribution in [2.45, 2.75) is 64.7 Å². The molecule has 1 N–H and O–H groups in total. The van der Waals surface area contributed by atoms with Crippen molar-refractivity contribution in [2.24, 2.45) is 0 Å². The van der Waals surface area contributed by atoms with E-state index >= 15 is 0 Å². The fraction of sp³-hybridized carbons (Fsp3) is 0.462. The topological polar surface area (TPSA) is 64.6 Å². The Labute approximate surface area is 195 Å². The second kappa shape index (κ2) is 12.5. The summed E-state index contributed by atoms with van der Waals surface area (Å²) in [5.74, 6) is 0.595. The lowest BCUT2D eigenvalue weighted by atomic mass is 10.0. The number of hydrogen-bond donors (Lipinski definition) is 1. The van der Waals surface area contributed by atoms with E-state index in [1.807, 2.05) is 0 Å². The second-order valence-corrected chi connectivity index (χ2v) is 8.56. The van der Waals surface area contributed by atoms with Crippen LogP contribution in [0.4, 0.5) is 5.69 Å². The first kappa shape index (κ1) is 24.1. The minimum atomic E-state index is -0.311. The van der Waals surface area contributed by atoms with Crippen LogP contribution < -0.4 is 14.8 Å². The van der Waals surface area contributed by atoms with Crippen LogP contribution >= 0.6 is 11.6 Å². The molecular weight excluding hydrogens is 426 g/mol. The Kier molecular flexibility index (Phi) is 9.42. The third-order valence-electron chi connectivity index (χ3n) is 5.60. The van der Waals surface area contributed by atoms with Crippen molar-refractivity contribution in [1.82, 2.24) is 0 Å². The largest absolute Gasteiger partial charge is 0.491 e. The van der Waals surface area contributed by atoms with Crippen LogP contribution in [0.15, 0.2) is 36.4 Å². The van der Waals surface area contributed by atoms with Crippen molar-refractivity contribution in [1.29, 1.82) is 0 Å². The van der Waals surface area contributed by atoms with E-state index < -0.39 is 0 Å². The summed E-state index contributed by atoms with van der Waals surface area (Å²) < 4.78 is 11.8. The van der Waals surface area contributed by atoms with E-state index in [9.17, 15) is 9.59 Å². The lowest BCUT2D eigenvalue weighted by Crippen LogP contribution is -2.20. The molecule has 0 atom stereocenters. The number of carbonyl (C=O) groups is 2. The van der Waals surface area contributed by atoms with Crippen molar-refractivity contribution in [3.8, 4) is 11.5 Å². The Bertz CT molecular complexity index is 911. The Morgan fingerprint density at radius 2 is 1.69 bits per heavy atom. The molecule has 0 radical (unpaired) electrons. The molecule has 0 aliphatic carbocycles. The molecule has 1 aliphatic heterocycles. The van der Waals surface area contributed by atoms with Crippen LogP contribution in [-0.4, -0.2) is 24.9 Å². The van der Waals surface area contributed by atoms with Crippen molar-refractivity contribution < 1.29 is 19.1 Å². The number of Topliss-reactive ketones (excluding diaryl/α,β-unsaturated/α-hetero) is 1. The van der Waals surface area contributed by atoms with Gasteiger partial charge in [-0.15, -0.1) is 0 Å². The van der Waals surface area contributed by atoms with Gasteiger partial charge in [-0.2, -0.15) is 0 Å². The number of ketones is 1. The van der Waals surface area contributed by atoms with Gasteiger partial charge in [-0.25, -0.2) is 0 Å². The van der Waals surface area contributed by atoms with E-state index in [1.165, 1.54) is 38.5 Å². The summed E-state index contributed by atoms with van der Waals surface area (Å²) in [7, 11) is 0. The molecular formula is C26H32ClNO4. The molecule has 5 nitrogen and oxygen atoms in total. The molecule has 0 spiro atoms. The molecule has 1 aliphatic rings. The van der Waals surface area contributed by atoms with E-state index in [0.717, 1.165) is 12.8 Å². The molecule has 0 bridgehead atoms. The lowest BCUT2D eigenvalue weighted by Gasteiger charge is -2.22. The van der Waals surface area contributed by atoms with Crippen LogP contribution in [-0.2, 0) is 0 Å². The third-order valence-corrected chi connectivity index (χ3v) is 5.85. The molecule has 2 aromatic carbocycles. The van der Waals surface area contributed by atoms with Crippen molar-refractivity contribution >= 4 is 29.0 Å². The summed E-state index contributed by atoms with van der Waals surface area (Å²) in [4.78, 5) is 25.1. The zero-order chi connectivity index (χ0) is 22.8. The SMILES string of the molecule is CCCCCCCCCCOc1ccc2c(c1NC(=O)c1ccc(Cl)cc1)OCCC2=O. The maximum Gasteiger partial charge on any atom is 0.255 e. The van der Waals surface area contributed by atoms with Gasteiger partial charge in [-0.3, -0.25) is 9.59 Å². The maximum atomic E-state index is 12.8. The first-order valence-electron chi connectivity index (χ1n) is 11.6. The van der Waals surface area contributed by atoms with Gasteiger partial charge in [0.05, 0.1) is 18.8 Å². The first-order valence-corrected chi connectivity index (χ1v) is 12.0. The number of carbonyl (C=O) groups excluding carboxylic acids is 2. The van der Waals surface area contributed by atoms with Crippen LogP contribution in [0.25, 0.3) is 0 Å². The summed E-state index contributed by atoms with van der Waals surface area (Å²) in [5.41, 5.74) is 1.35. The number of hydrogen-bond acceptors (Lipinski definition) is 4. The normalized spacial score (nSPS) is 12.8. The molecule has 0 aromatic heterocycles. The summed E-state index contributed by atoms with van der Waals surface area (Å²) in [6.07, 6.45) is 10.0. The minimum absolute atomic E-state index is 0.00265. The van der Waals surface area contributed by atoms with Gasteiger partial charge >= 0.3 is 0 Å². The number of ether oxygens (including phenoxy) is 2. The fourth-order valence-electron chi connectivity index (χ4n) is 3.76. The number of fused-ring (bicyclic) bond motifs is 1. The smallest absolute Gasteiger partial charge is 0.255 e. The Balaban J connectivity index is 1.64. The van der Waals surface area contributed by atoms with E-state index in [0.29, 0.717) is 46.4 Å². The van der Waals surface area contributed by atoms with Gasteiger partial charge in [0.25, 0.3) is 5.91 Å². The third kappa shape index (κ3) is 6.73. The van der Waals surface area contributed by atoms with Gasteiger partial charge in [0.15, 0.2) is 11.5 Å². The molecule has 32 heavy (non-hydrogen) atoms. The van der Waals surface area contributed by atoms with E-state index in [-0.39, 0.29) is 18.3 Å². The average molecular weight is 458 g/mol. The molecule has 0 unspecified atom stereocenters. The number of amides is 1. The van der Waals surface area contributed by atoms with Gasteiger partial charge in [-0.05, 0) is 42.8 Å². The Hall–Kier alpha value is -2.53. The highest BCUT2D eigenvalue weighted by Gasteiger charge is 2.25.